The molecule has 1 atom stereocenters. The number of nitrogens with zero attached hydrogens (tertiary/aromatic N) is 4. The molecule has 0 radical (unpaired) electrons. The van der Waals surface area contributed by atoms with Crippen LogP contribution >= 0.6 is 22.9 Å². The van der Waals surface area contributed by atoms with Gasteiger partial charge >= 0.3 is 5.69 Å². The maximum atomic E-state index is 12.8. The van der Waals surface area contributed by atoms with E-state index in [1.165, 1.54) is 33.0 Å². The Balaban J connectivity index is 1.47. The van der Waals surface area contributed by atoms with Crippen LogP contribution in [-0.4, -0.2) is 32.2 Å². The summed E-state index contributed by atoms with van der Waals surface area (Å²) in [6.07, 6.45) is 4.59. The predicted octanol–water partition coefficient (Wildman–Crippen LogP) is 3.53. The first-order valence-electron chi connectivity index (χ1n) is 9.96. The average Bonchev–Trinajstić information content (AvgIpc) is 3.25. The molecule has 0 fully saturated rings. The second-order valence-electron chi connectivity index (χ2n) is 7.81. The number of anilines is 1. The molecule has 160 valence electrons. The highest BCUT2D eigenvalue weighted by atomic mass is 35.5. The van der Waals surface area contributed by atoms with Crippen molar-refractivity contribution in [2.24, 2.45) is 5.92 Å². The van der Waals surface area contributed by atoms with Gasteiger partial charge in [-0.2, -0.15) is 0 Å². The summed E-state index contributed by atoms with van der Waals surface area (Å²) >= 11 is 7.79. The lowest BCUT2D eigenvalue weighted by atomic mass is 9.89. The molecule has 1 aromatic carbocycles. The fourth-order valence-electron chi connectivity index (χ4n) is 4.05. The van der Waals surface area contributed by atoms with Crippen molar-refractivity contribution < 1.29 is 9.53 Å². The van der Waals surface area contributed by atoms with Gasteiger partial charge < -0.3 is 10.1 Å². The molecule has 0 aliphatic heterocycles. The number of methoxy groups -OCH3 is 1. The lowest BCUT2D eigenvalue weighted by Crippen LogP contribution is -2.28. The van der Waals surface area contributed by atoms with Gasteiger partial charge in [-0.05, 0) is 48.9 Å². The molecule has 1 N–H and O–H groups in total. The van der Waals surface area contributed by atoms with Crippen LogP contribution in [0.25, 0.3) is 15.9 Å². The van der Waals surface area contributed by atoms with Crippen LogP contribution in [0.1, 0.15) is 23.8 Å². The number of fused-ring (bicyclic) bond motifs is 5. The van der Waals surface area contributed by atoms with Gasteiger partial charge in [-0.3, -0.25) is 4.79 Å². The molecule has 5 rings (SSSR count). The second-order valence-corrected chi connectivity index (χ2v) is 9.30. The zero-order valence-electron chi connectivity index (χ0n) is 17.0. The maximum Gasteiger partial charge on any atom is 0.352 e. The lowest BCUT2D eigenvalue weighted by Gasteiger charge is -2.17. The van der Waals surface area contributed by atoms with Gasteiger partial charge in [-0.25, -0.2) is 18.9 Å². The van der Waals surface area contributed by atoms with Crippen LogP contribution < -0.4 is 15.7 Å². The molecule has 3 heterocycles. The highest BCUT2D eigenvalue weighted by Crippen LogP contribution is 2.38. The van der Waals surface area contributed by atoms with Gasteiger partial charge in [0.05, 0.1) is 17.5 Å². The normalized spacial score (nSPS) is 15.9. The molecule has 0 saturated heterocycles. The van der Waals surface area contributed by atoms with Crippen molar-refractivity contribution in [1.29, 1.82) is 0 Å². The standard InChI is InChI=1S/C21H20ClN5O3S/c1-11-3-5-13-16(7-11)31-20-18(13)19-25-27(21(29)26(19)10-23-20)9-17(28)24-12-4-6-15(30-2)14(22)8-12/h4,6,8,10-11H,3,5,7,9H2,1-2H3,(H,24,28). The minimum Gasteiger partial charge on any atom is -0.495 e. The highest BCUT2D eigenvalue weighted by Gasteiger charge is 2.24. The number of thiophene rings is 1. The third-order valence-corrected chi connectivity index (χ3v) is 7.06. The summed E-state index contributed by atoms with van der Waals surface area (Å²) in [6.45, 7) is 2.04. The van der Waals surface area contributed by atoms with E-state index in [4.69, 9.17) is 16.3 Å². The number of carbonyl (C=O) groups excluding carboxylic acids is 1. The van der Waals surface area contributed by atoms with E-state index in [9.17, 15) is 9.59 Å². The fraction of sp³-hybridized carbons (Fsp3) is 0.333. The monoisotopic (exact) mass is 457 g/mol. The Morgan fingerprint density at radius 2 is 2.26 bits per heavy atom. The smallest absolute Gasteiger partial charge is 0.352 e. The average molecular weight is 458 g/mol. The number of hydrogen-bond donors (Lipinski definition) is 1. The van der Waals surface area contributed by atoms with E-state index < -0.39 is 5.69 Å². The van der Waals surface area contributed by atoms with Crippen LogP contribution in [-0.2, 0) is 24.2 Å². The predicted molar refractivity (Wildman–Crippen MR) is 120 cm³/mol. The zero-order valence-corrected chi connectivity index (χ0v) is 18.6. The third-order valence-electron chi connectivity index (χ3n) is 5.61. The first kappa shape index (κ1) is 20.0. The van der Waals surface area contributed by atoms with E-state index in [0.29, 0.717) is 28.0 Å². The summed E-state index contributed by atoms with van der Waals surface area (Å²) in [5, 5.41) is 8.55. The number of rotatable bonds is 4. The quantitative estimate of drug-likeness (QED) is 0.506. The van der Waals surface area contributed by atoms with Gasteiger partial charge in [0.15, 0.2) is 5.65 Å². The topological polar surface area (TPSA) is 90.5 Å². The van der Waals surface area contributed by atoms with Crippen molar-refractivity contribution in [3.05, 3.63) is 50.5 Å². The van der Waals surface area contributed by atoms with Crippen LogP contribution in [0.4, 0.5) is 5.69 Å². The number of benzene rings is 1. The number of ether oxygens (including phenoxy) is 1. The molecule has 1 unspecified atom stereocenters. The number of aryl methyl sites for hydroxylation is 1. The van der Waals surface area contributed by atoms with Gasteiger partial charge in [0.25, 0.3) is 0 Å². The van der Waals surface area contributed by atoms with Crippen LogP contribution in [0.5, 0.6) is 5.75 Å². The lowest BCUT2D eigenvalue weighted by molar-refractivity contribution is -0.117. The van der Waals surface area contributed by atoms with E-state index >= 15 is 0 Å². The Morgan fingerprint density at radius 1 is 1.42 bits per heavy atom. The number of nitrogens with one attached hydrogen (secondary N) is 1. The highest BCUT2D eigenvalue weighted by molar-refractivity contribution is 7.19. The van der Waals surface area contributed by atoms with Gasteiger partial charge in [0.1, 0.15) is 23.5 Å². The van der Waals surface area contributed by atoms with Crippen LogP contribution in [0.3, 0.4) is 0 Å². The van der Waals surface area contributed by atoms with E-state index in [-0.39, 0.29) is 12.5 Å². The van der Waals surface area contributed by atoms with Crippen molar-refractivity contribution in [1.82, 2.24) is 19.2 Å². The Hall–Kier alpha value is -2.91. The molecule has 10 heteroatoms. The second kappa shape index (κ2) is 7.65. The largest absolute Gasteiger partial charge is 0.495 e. The molecule has 8 nitrogen and oxygen atoms in total. The summed E-state index contributed by atoms with van der Waals surface area (Å²) in [5.74, 6) is 0.782. The molecule has 0 bridgehead atoms. The van der Waals surface area contributed by atoms with Crippen molar-refractivity contribution in [3.63, 3.8) is 0 Å². The molecular weight excluding hydrogens is 438 g/mol. The minimum absolute atomic E-state index is 0.213. The first-order chi connectivity index (χ1) is 14.9. The van der Waals surface area contributed by atoms with Gasteiger partial charge in [-0.1, -0.05) is 18.5 Å². The fourth-order valence-corrected chi connectivity index (χ4v) is 5.65. The summed E-state index contributed by atoms with van der Waals surface area (Å²) < 4.78 is 7.71. The van der Waals surface area contributed by atoms with E-state index in [1.807, 2.05) is 0 Å². The summed E-state index contributed by atoms with van der Waals surface area (Å²) in [7, 11) is 1.52. The van der Waals surface area contributed by atoms with E-state index in [1.54, 1.807) is 29.5 Å². The molecule has 1 aliphatic rings. The van der Waals surface area contributed by atoms with Gasteiger partial charge in [-0.15, -0.1) is 16.4 Å². The van der Waals surface area contributed by atoms with Crippen LogP contribution in [0, 0.1) is 5.92 Å². The number of carbonyl (C=O) groups is 1. The van der Waals surface area contributed by atoms with E-state index in [2.05, 4.69) is 22.3 Å². The maximum absolute atomic E-state index is 12.8. The summed E-state index contributed by atoms with van der Waals surface area (Å²) in [5.41, 5.74) is 1.92. The van der Waals surface area contributed by atoms with E-state index in [0.717, 1.165) is 29.5 Å². The first-order valence-corrected chi connectivity index (χ1v) is 11.2. The molecule has 31 heavy (non-hydrogen) atoms. The minimum atomic E-state index is -0.392. The third kappa shape index (κ3) is 3.47. The zero-order chi connectivity index (χ0) is 21.7. The van der Waals surface area contributed by atoms with Crippen LogP contribution in [0.2, 0.25) is 5.02 Å². The van der Waals surface area contributed by atoms with Crippen molar-refractivity contribution >= 4 is 50.4 Å². The molecular formula is C21H20ClN5O3S. The molecule has 1 aliphatic carbocycles. The molecule has 0 saturated carbocycles. The van der Waals surface area contributed by atoms with Crippen LogP contribution in [0.15, 0.2) is 29.3 Å². The Kier molecular flexibility index (Phi) is 4.94. The Bertz CT molecular complexity index is 1390. The molecule has 4 aromatic rings. The molecule has 1 amide bonds. The van der Waals surface area contributed by atoms with Crippen molar-refractivity contribution in [2.75, 3.05) is 12.4 Å². The molecule has 0 spiro atoms. The number of aromatic nitrogens is 4. The number of halogens is 1. The Morgan fingerprint density at radius 3 is 3.03 bits per heavy atom. The SMILES string of the molecule is COc1ccc(NC(=O)Cn2nc3c4c5c(sc4ncn3c2=O)CC(C)CC5)cc1Cl. The number of hydrogen-bond acceptors (Lipinski definition) is 6. The summed E-state index contributed by atoms with van der Waals surface area (Å²) in [6, 6.07) is 4.94. The van der Waals surface area contributed by atoms with Crippen molar-refractivity contribution in [2.45, 2.75) is 32.7 Å². The van der Waals surface area contributed by atoms with Gasteiger partial charge in [0, 0.05) is 10.6 Å². The number of amides is 1. The molecule has 3 aromatic heterocycles. The van der Waals surface area contributed by atoms with Crippen molar-refractivity contribution in [3.8, 4) is 5.75 Å². The van der Waals surface area contributed by atoms with Gasteiger partial charge in [0.2, 0.25) is 5.91 Å². The Labute approximate surface area is 186 Å². The summed E-state index contributed by atoms with van der Waals surface area (Å²) in [4.78, 5) is 32.1.